The molecule has 1 aliphatic heterocycles. The fraction of sp³-hybridized carbons (Fsp3) is 0.562. The predicted molar refractivity (Wildman–Crippen MR) is 79.2 cm³/mol. The van der Waals surface area contributed by atoms with Crippen LogP contribution in [0.15, 0.2) is 24.3 Å². The monoisotopic (exact) mass is 276 g/mol. The van der Waals surface area contributed by atoms with E-state index < -0.39 is 6.04 Å². The summed E-state index contributed by atoms with van der Waals surface area (Å²) in [4.78, 5) is 13.8. The van der Waals surface area contributed by atoms with E-state index in [0.29, 0.717) is 5.92 Å². The van der Waals surface area contributed by atoms with Crippen molar-refractivity contribution in [2.75, 3.05) is 20.2 Å². The van der Waals surface area contributed by atoms with Gasteiger partial charge in [0.05, 0.1) is 7.11 Å². The van der Waals surface area contributed by atoms with Gasteiger partial charge in [-0.1, -0.05) is 29.8 Å². The summed E-state index contributed by atoms with van der Waals surface area (Å²) >= 11 is 0. The third kappa shape index (κ3) is 4.05. The van der Waals surface area contributed by atoms with Gasteiger partial charge >= 0.3 is 5.97 Å². The van der Waals surface area contributed by atoms with Crippen LogP contribution in [0.1, 0.15) is 24.0 Å². The van der Waals surface area contributed by atoms with Crippen LogP contribution in [0.4, 0.5) is 0 Å². The third-order valence-electron chi connectivity index (χ3n) is 3.99. The van der Waals surface area contributed by atoms with Crippen LogP contribution in [0.3, 0.4) is 0 Å². The number of aryl methyl sites for hydroxylation is 1. The Kier molecular flexibility index (Phi) is 5.15. The summed E-state index contributed by atoms with van der Waals surface area (Å²) in [5.74, 6) is 0.191. The summed E-state index contributed by atoms with van der Waals surface area (Å²) in [7, 11) is 1.39. The zero-order valence-electron chi connectivity index (χ0n) is 12.3. The number of carbonyl (C=O) groups excluding carboxylic acids is 1. The smallest absolute Gasteiger partial charge is 0.322 e. The van der Waals surface area contributed by atoms with Gasteiger partial charge < -0.3 is 10.5 Å². The number of rotatable bonds is 5. The maximum atomic E-state index is 11.3. The molecular formula is C16H24N2O2. The van der Waals surface area contributed by atoms with Crippen molar-refractivity contribution in [2.24, 2.45) is 11.7 Å². The van der Waals surface area contributed by atoms with Gasteiger partial charge in [0.15, 0.2) is 0 Å². The molecular weight excluding hydrogens is 252 g/mol. The molecule has 0 saturated carbocycles. The summed E-state index contributed by atoms with van der Waals surface area (Å²) in [6.45, 7) is 5.17. The molecule has 1 heterocycles. The summed E-state index contributed by atoms with van der Waals surface area (Å²) in [5.41, 5.74) is 8.46. The lowest BCUT2D eigenvalue weighted by Gasteiger charge is -2.17. The molecule has 1 aliphatic rings. The molecule has 1 aromatic carbocycles. The van der Waals surface area contributed by atoms with E-state index in [9.17, 15) is 4.79 Å². The highest BCUT2D eigenvalue weighted by Gasteiger charge is 2.26. The van der Waals surface area contributed by atoms with Crippen molar-refractivity contribution in [3.05, 3.63) is 35.4 Å². The molecule has 0 radical (unpaired) electrons. The van der Waals surface area contributed by atoms with Crippen LogP contribution in [0, 0.1) is 12.8 Å². The minimum atomic E-state index is -0.482. The SMILES string of the molecule is COC(=O)C(N)CC1CCN(Cc2ccc(C)cc2)C1. The third-order valence-corrected chi connectivity index (χ3v) is 3.99. The Morgan fingerprint density at radius 3 is 2.80 bits per heavy atom. The molecule has 2 N–H and O–H groups in total. The second-order valence-electron chi connectivity index (χ2n) is 5.74. The van der Waals surface area contributed by atoms with E-state index in [-0.39, 0.29) is 5.97 Å². The largest absolute Gasteiger partial charge is 0.468 e. The molecule has 0 bridgehead atoms. The highest BCUT2D eigenvalue weighted by Crippen LogP contribution is 2.22. The highest BCUT2D eigenvalue weighted by molar-refractivity contribution is 5.75. The Balaban J connectivity index is 1.80. The van der Waals surface area contributed by atoms with Gasteiger partial charge in [0.1, 0.15) is 6.04 Å². The van der Waals surface area contributed by atoms with Crippen molar-refractivity contribution in [3.63, 3.8) is 0 Å². The molecule has 2 unspecified atom stereocenters. The van der Waals surface area contributed by atoms with Crippen LogP contribution in [-0.4, -0.2) is 37.1 Å². The molecule has 1 fully saturated rings. The Labute approximate surface area is 120 Å². The molecule has 1 saturated heterocycles. The highest BCUT2D eigenvalue weighted by atomic mass is 16.5. The zero-order valence-corrected chi connectivity index (χ0v) is 12.3. The first kappa shape index (κ1) is 15.0. The maximum Gasteiger partial charge on any atom is 0.322 e. The Hall–Kier alpha value is -1.39. The molecule has 110 valence electrons. The lowest BCUT2D eigenvalue weighted by atomic mass is 10.00. The second-order valence-corrected chi connectivity index (χ2v) is 5.74. The summed E-state index contributed by atoms with van der Waals surface area (Å²) in [5, 5.41) is 0. The zero-order chi connectivity index (χ0) is 14.5. The molecule has 2 rings (SSSR count). The first-order chi connectivity index (χ1) is 9.58. The fourth-order valence-corrected chi connectivity index (χ4v) is 2.81. The van der Waals surface area contributed by atoms with Crippen molar-refractivity contribution in [2.45, 2.75) is 32.4 Å². The van der Waals surface area contributed by atoms with Crippen LogP contribution in [0.5, 0.6) is 0 Å². The molecule has 1 aromatic rings. The van der Waals surface area contributed by atoms with Gasteiger partial charge in [0, 0.05) is 13.1 Å². The minimum absolute atomic E-state index is 0.304. The Morgan fingerprint density at radius 2 is 2.15 bits per heavy atom. The average molecular weight is 276 g/mol. The number of methoxy groups -OCH3 is 1. The number of nitrogens with two attached hydrogens (primary N) is 1. The van der Waals surface area contributed by atoms with Crippen LogP contribution in [0.2, 0.25) is 0 Å². The van der Waals surface area contributed by atoms with Gasteiger partial charge in [0.2, 0.25) is 0 Å². The minimum Gasteiger partial charge on any atom is -0.468 e. The number of hydrogen-bond acceptors (Lipinski definition) is 4. The van der Waals surface area contributed by atoms with E-state index in [1.165, 1.54) is 18.2 Å². The normalized spacial score (nSPS) is 20.9. The van der Waals surface area contributed by atoms with E-state index in [2.05, 4.69) is 40.8 Å². The van der Waals surface area contributed by atoms with Gasteiger partial charge in [-0.15, -0.1) is 0 Å². The van der Waals surface area contributed by atoms with E-state index in [4.69, 9.17) is 5.73 Å². The van der Waals surface area contributed by atoms with Crippen molar-refractivity contribution in [1.82, 2.24) is 4.90 Å². The van der Waals surface area contributed by atoms with Gasteiger partial charge in [-0.2, -0.15) is 0 Å². The Morgan fingerprint density at radius 1 is 1.45 bits per heavy atom. The van der Waals surface area contributed by atoms with Crippen molar-refractivity contribution < 1.29 is 9.53 Å². The first-order valence-electron chi connectivity index (χ1n) is 7.20. The molecule has 2 atom stereocenters. The number of ether oxygens (including phenoxy) is 1. The molecule has 4 nitrogen and oxygen atoms in total. The molecule has 0 spiro atoms. The predicted octanol–water partition coefficient (Wildman–Crippen LogP) is 1.71. The number of benzene rings is 1. The number of carbonyl (C=O) groups is 1. The quantitative estimate of drug-likeness (QED) is 0.832. The number of nitrogens with zero attached hydrogens (tertiary/aromatic N) is 1. The van der Waals surface area contributed by atoms with Crippen molar-refractivity contribution >= 4 is 5.97 Å². The molecule has 4 heteroatoms. The van der Waals surface area contributed by atoms with Crippen LogP contribution >= 0.6 is 0 Å². The van der Waals surface area contributed by atoms with Gasteiger partial charge in [0.25, 0.3) is 0 Å². The van der Waals surface area contributed by atoms with E-state index in [1.807, 2.05) is 0 Å². The van der Waals surface area contributed by atoms with Gasteiger partial charge in [-0.3, -0.25) is 9.69 Å². The van der Waals surface area contributed by atoms with Gasteiger partial charge in [-0.25, -0.2) is 0 Å². The van der Waals surface area contributed by atoms with Crippen LogP contribution in [-0.2, 0) is 16.1 Å². The molecule has 0 amide bonds. The van der Waals surface area contributed by atoms with E-state index in [0.717, 1.165) is 32.5 Å². The standard InChI is InChI=1S/C16H24N2O2/c1-12-3-5-13(6-4-12)10-18-8-7-14(11-18)9-15(17)16(19)20-2/h3-6,14-15H,7-11,17H2,1-2H3. The summed E-state index contributed by atoms with van der Waals surface area (Å²) < 4.78 is 4.68. The second kappa shape index (κ2) is 6.86. The lowest BCUT2D eigenvalue weighted by molar-refractivity contribution is -0.142. The first-order valence-corrected chi connectivity index (χ1v) is 7.20. The molecule has 0 aliphatic carbocycles. The maximum absolute atomic E-state index is 11.3. The summed E-state index contributed by atoms with van der Waals surface area (Å²) in [6, 6.07) is 8.18. The number of esters is 1. The van der Waals surface area contributed by atoms with Crippen LogP contribution in [0.25, 0.3) is 0 Å². The Bertz CT molecular complexity index is 444. The number of hydrogen-bond donors (Lipinski definition) is 1. The average Bonchev–Trinajstić information content (AvgIpc) is 2.87. The lowest BCUT2D eigenvalue weighted by Crippen LogP contribution is -2.34. The van der Waals surface area contributed by atoms with Crippen molar-refractivity contribution in [3.8, 4) is 0 Å². The van der Waals surface area contributed by atoms with Crippen LogP contribution < -0.4 is 5.73 Å². The number of likely N-dealkylation sites (tertiary alicyclic amines) is 1. The fourth-order valence-electron chi connectivity index (χ4n) is 2.81. The topological polar surface area (TPSA) is 55.6 Å². The molecule has 20 heavy (non-hydrogen) atoms. The van der Waals surface area contributed by atoms with Gasteiger partial charge in [-0.05, 0) is 37.8 Å². The summed E-state index contributed by atoms with van der Waals surface area (Å²) in [6.07, 6.45) is 1.83. The molecule has 0 aromatic heterocycles. The van der Waals surface area contributed by atoms with E-state index >= 15 is 0 Å². The van der Waals surface area contributed by atoms with E-state index in [1.54, 1.807) is 0 Å². The van der Waals surface area contributed by atoms with Crippen molar-refractivity contribution in [1.29, 1.82) is 0 Å².